The number of anilines is 1. The number of carbonyl (C=O) groups is 2. The van der Waals surface area contributed by atoms with E-state index in [2.05, 4.69) is 10.6 Å². The van der Waals surface area contributed by atoms with Gasteiger partial charge >= 0.3 is 0 Å². The van der Waals surface area contributed by atoms with Crippen LogP contribution in [0.2, 0.25) is 0 Å². The second-order valence-corrected chi connectivity index (χ2v) is 5.12. The molecule has 0 fully saturated rings. The van der Waals surface area contributed by atoms with Gasteiger partial charge in [0.05, 0.1) is 6.10 Å². The average molecular weight is 278 g/mol. The van der Waals surface area contributed by atoms with Crippen molar-refractivity contribution in [2.75, 3.05) is 11.9 Å². The molecule has 20 heavy (non-hydrogen) atoms. The van der Waals surface area contributed by atoms with Gasteiger partial charge in [0, 0.05) is 17.3 Å². The number of nitrogens with one attached hydrogen (secondary N) is 2. The molecule has 1 aromatic carbocycles. The predicted octanol–water partition coefficient (Wildman–Crippen LogP) is 2.19. The van der Waals surface area contributed by atoms with Crippen molar-refractivity contribution in [3.8, 4) is 0 Å². The van der Waals surface area contributed by atoms with E-state index in [1.807, 2.05) is 27.7 Å². The summed E-state index contributed by atoms with van der Waals surface area (Å²) in [6.07, 6.45) is 0.00361. The number of carbonyl (C=O) groups excluding carboxylic acids is 2. The average Bonchev–Trinajstić information content (AvgIpc) is 2.36. The first-order chi connectivity index (χ1) is 9.38. The highest BCUT2D eigenvalue weighted by Gasteiger charge is 2.09. The van der Waals surface area contributed by atoms with Gasteiger partial charge in [0.2, 0.25) is 5.91 Å². The molecule has 0 unspecified atom stereocenters. The van der Waals surface area contributed by atoms with E-state index in [4.69, 9.17) is 4.74 Å². The summed E-state index contributed by atoms with van der Waals surface area (Å²) in [5.41, 5.74) is 1.10. The minimum absolute atomic E-state index is 0.0000841. The summed E-state index contributed by atoms with van der Waals surface area (Å²) in [5, 5.41) is 5.51. The van der Waals surface area contributed by atoms with E-state index < -0.39 is 0 Å². The van der Waals surface area contributed by atoms with E-state index in [0.717, 1.165) is 0 Å². The van der Waals surface area contributed by atoms with E-state index >= 15 is 0 Å². The molecular formula is C15H22N2O3. The third kappa shape index (κ3) is 5.84. The normalized spacial score (nSPS) is 10.7. The molecule has 2 N–H and O–H groups in total. The van der Waals surface area contributed by atoms with Gasteiger partial charge in [0.15, 0.2) is 0 Å². The number of benzene rings is 1. The maximum absolute atomic E-state index is 11.9. The third-order valence-electron chi connectivity index (χ3n) is 2.38. The molecule has 110 valence electrons. The van der Waals surface area contributed by atoms with Crippen molar-refractivity contribution in [1.29, 1.82) is 0 Å². The van der Waals surface area contributed by atoms with Crippen LogP contribution in [-0.4, -0.2) is 30.6 Å². The Morgan fingerprint density at radius 1 is 1.20 bits per heavy atom. The molecule has 5 nitrogen and oxygen atoms in total. The van der Waals surface area contributed by atoms with Crippen LogP contribution < -0.4 is 10.6 Å². The summed E-state index contributed by atoms with van der Waals surface area (Å²) in [6, 6.07) is 6.89. The van der Waals surface area contributed by atoms with Gasteiger partial charge in [-0.15, -0.1) is 0 Å². The Bertz CT molecular complexity index is 470. The van der Waals surface area contributed by atoms with Crippen molar-refractivity contribution >= 4 is 17.5 Å². The summed E-state index contributed by atoms with van der Waals surface area (Å²) < 4.78 is 5.21. The molecule has 0 saturated heterocycles. The molecule has 0 bridgehead atoms. The Morgan fingerprint density at radius 3 is 2.50 bits per heavy atom. The zero-order chi connectivity index (χ0) is 15.1. The van der Waals surface area contributed by atoms with Crippen molar-refractivity contribution in [3.05, 3.63) is 29.8 Å². The summed E-state index contributed by atoms with van der Waals surface area (Å²) in [5.74, 6) is -0.394. The van der Waals surface area contributed by atoms with E-state index in [0.29, 0.717) is 11.3 Å². The Morgan fingerprint density at radius 2 is 1.90 bits per heavy atom. The maximum atomic E-state index is 11.9. The van der Waals surface area contributed by atoms with Crippen molar-refractivity contribution in [3.63, 3.8) is 0 Å². The molecule has 2 amide bonds. The van der Waals surface area contributed by atoms with Gasteiger partial charge < -0.3 is 15.4 Å². The number of hydrogen-bond acceptors (Lipinski definition) is 3. The molecule has 0 radical (unpaired) electrons. The van der Waals surface area contributed by atoms with Gasteiger partial charge in [-0.2, -0.15) is 0 Å². The van der Waals surface area contributed by atoms with Crippen LogP contribution in [0.5, 0.6) is 0 Å². The van der Waals surface area contributed by atoms with Crippen LogP contribution in [-0.2, 0) is 9.53 Å². The van der Waals surface area contributed by atoms with Crippen molar-refractivity contribution in [1.82, 2.24) is 5.32 Å². The molecule has 0 aliphatic carbocycles. The van der Waals surface area contributed by atoms with Gasteiger partial charge in [-0.25, -0.2) is 0 Å². The van der Waals surface area contributed by atoms with Crippen LogP contribution in [0, 0.1) is 0 Å². The highest BCUT2D eigenvalue weighted by Crippen LogP contribution is 2.11. The molecule has 0 atom stereocenters. The van der Waals surface area contributed by atoms with Crippen LogP contribution in [0.1, 0.15) is 38.1 Å². The lowest BCUT2D eigenvalue weighted by Crippen LogP contribution is -2.30. The summed E-state index contributed by atoms with van der Waals surface area (Å²) in [6.45, 7) is 7.52. The number of hydrogen-bond donors (Lipinski definition) is 2. The van der Waals surface area contributed by atoms with Gasteiger partial charge in [-0.1, -0.05) is 6.07 Å². The predicted molar refractivity (Wildman–Crippen MR) is 78.8 cm³/mol. The lowest BCUT2D eigenvalue weighted by molar-refractivity contribution is -0.121. The van der Waals surface area contributed by atoms with Gasteiger partial charge in [0.25, 0.3) is 5.91 Å². The zero-order valence-corrected chi connectivity index (χ0v) is 12.4. The van der Waals surface area contributed by atoms with Crippen molar-refractivity contribution in [2.45, 2.75) is 39.8 Å². The summed E-state index contributed by atoms with van der Waals surface area (Å²) in [4.78, 5) is 23.5. The number of ether oxygens (including phenoxy) is 1. The van der Waals surface area contributed by atoms with Crippen molar-refractivity contribution in [2.24, 2.45) is 0 Å². The molecule has 0 aromatic heterocycles. The van der Waals surface area contributed by atoms with Gasteiger partial charge in [0.1, 0.15) is 6.61 Å². The molecule has 5 heteroatoms. The Balaban J connectivity index is 2.64. The number of rotatable bonds is 6. The fourth-order valence-corrected chi connectivity index (χ4v) is 1.52. The first kappa shape index (κ1) is 16.2. The van der Waals surface area contributed by atoms with Crippen LogP contribution in [0.4, 0.5) is 5.69 Å². The molecule has 1 aromatic rings. The Hall–Kier alpha value is -1.88. The van der Waals surface area contributed by atoms with Gasteiger partial charge in [-0.05, 0) is 45.9 Å². The van der Waals surface area contributed by atoms with Crippen LogP contribution >= 0.6 is 0 Å². The van der Waals surface area contributed by atoms with E-state index in [1.165, 1.54) is 0 Å². The van der Waals surface area contributed by atoms with Crippen LogP contribution in [0.15, 0.2) is 24.3 Å². The second kappa shape index (κ2) is 7.65. The van der Waals surface area contributed by atoms with E-state index in [9.17, 15) is 9.59 Å². The molecule has 0 aliphatic heterocycles. The summed E-state index contributed by atoms with van der Waals surface area (Å²) >= 11 is 0. The SMILES string of the molecule is CC(C)NC(=O)c1cccc(NC(=O)COC(C)C)c1. The first-order valence-electron chi connectivity index (χ1n) is 6.71. The second-order valence-electron chi connectivity index (χ2n) is 5.12. The lowest BCUT2D eigenvalue weighted by atomic mass is 10.2. The molecule has 1 rings (SSSR count). The maximum Gasteiger partial charge on any atom is 0.251 e. The van der Waals surface area contributed by atoms with E-state index in [1.54, 1.807) is 24.3 Å². The van der Waals surface area contributed by atoms with E-state index in [-0.39, 0.29) is 30.6 Å². The number of amides is 2. The third-order valence-corrected chi connectivity index (χ3v) is 2.38. The van der Waals surface area contributed by atoms with Crippen molar-refractivity contribution < 1.29 is 14.3 Å². The first-order valence-corrected chi connectivity index (χ1v) is 6.71. The topological polar surface area (TPSA) is 67.4 Å². The zero-order valence-electron chi connectivity index (χ0n) is 12.4. The molecule has 0 aliphatic rings. The standard InChI is InChI=1S/C15H22N2O3/c1-10(2)16-15(19)12-6-5-7-13(8-12)17-14(18)9-20-11(3)4/h5-8,10-11H,9H2,1-4H3,(H,16,19)(H,17,18). The lowest BCUT2D eigenvalue weighted by Gasteiger charge is -2.11. The highest BCUT2D eigenvalue weighted by atomic mass is 16.5. The van der Waals surface area contributed by atoms with Gasteiger partial charge in [-0.3, -0.25) is 9.59 Å². The smallest absolute Gasteiger partial charge is 0.251 e. The molecule has 0 spiro atoms. The van der Waals surface area contributed by atoms with Crippen LogP contribution in [0.3, 0.4) is 0 Å². The minimum atomic E-state index is -0.236. The Labute approximate surface area is 119 Å². The fourth-order valence-electron chi connectivity index (χ4n) is 1.52. The minimum Gasteiger partial charge on any atom is -0.369 e. The summed E-state index contributed by atoms with van der Waals surface area (Å²) in [7, 11) is 0. The fraction of sp³-hybridized carbons (Fsp3) is 0.467. The largest absolute Gasteiger partial charge is 0.369 e. The Kier molecular flexibility index (Phi) is 6.18. The molecular weight excluding hydrogens is 256 g/mol. The highest BCUT2D eigenvalue weighted by molar-refractivity contribution is 5.97. The molecule has 0 heterocycles. The quantitative estimate of drug-likeness (QED) is 0.838. The molecule has 0 saturated carbocycles. The van der Waals surface area contributed by atoms with Crippen LogP contribution in [0.25, 0.3) is 0 Å². The monoisotopic (exact) mass is 278 g/mol.